The van der Waals surface area contributed by atoms with Crippen LogP contribution in [0.15, 0.2) is 40.3 Å². The quantitative estimate of drug-likeness (QED) is 0.407. The number of phenolic OH excluding ortho intramolecular Hbond substituents is 1. The van der Waals surface area contributed by atoms with Crippen LogP contribution in [-0.4, -0.2) is 26.2 Å². The molecule has 2 aromatic rings. The van der Waals surface area contributed by atoms with Crippen molar-refractivity contribution in [2.45, 2.75) is 43.5 Å². The number of rotatable bonds is 7. The monoisotopic (exact) mass is 347 g/mol. The second-order valence-electron chi connectivity index (χ2n) is 5.34. The number of carbonyl (C=O) groups excluding carboxylic acids is 1. The Hall–Kier alpha value is -2.28. The number of carbonyl (C=O) groups is 1. The number of aromatic nitrogens is 2. The van der Waals surface area contributed by atoms with Crippen LogP contribution in [0, 0.1) is 0 Å². The van der Waals surface area contributed by atoms with Crippen LogP contribution in [0.2, 0.25) is 0 Å². The number of H-pyrrole nitrogens is 1. The number of amides is 1. The largest absolute Gasteiger partial charge is 0.508 e. The van der Waals surface area contributed by atoms with Crippen LogP contribution in [-0.2, 0) is 11.2 Å². The molecule has 3 N–H and O–H groups in total. The van der Waals surface area contributed by atoms with Gasteiger partial charge in [-0.25, -0.2) is 4.98 Å². The Morgan fingerprint density at radius 1 is 1.33 bits per heavy atom. The number of anilines is 1. The van der Waals surface area contributed by atoms with E-state index in [-0.39, 0.29) is 22.5 Å². The molecule has 1 atom stereocenters. The van der Waals surface area contributed by atoms with E-state index in [1.165, 1.54) is 30.0 Å². The summed E-state index contributed by atoms with van der Waals surface area (Å²) in [7, 11) is 0. The molecule has 0 aliphatic heterocycles. The molecule has 0 saturated carbocycles. The summed E-state index contributed by atoms with van der Waals surface area (Å²) >= 11 is 1.25. The van der Waals surface area contributed by atoms with Crippen LogP contribution < -0.4 is 10.9 Å². The Balaban J connectivity index is 2.09. The first-order valence-electron chi connectivity index (χ1n) is 7.88. The molecule has 0 radical (unpaired) electrons. The van der Waals surface area contributed by atoms with Crippen molar-refractivity contribution >= 4 is 23.4 Å². The van der Waals surface area contributed by atoms with Crippen molar-refractivity contribution in [3.8, 4) is 5.75 Å². The fourth-order valence-electron chi connectivity index (χ4n) is 2.15. The standard InChI is InChI=1S/C17H21N3O3S/c1-3-5-12-10-15(22)20-17(19-12)24-14(4-2)16(23)18-11-6-8-13(21)9-7-11/h6-10,14,21H,3-5H2,1-2H3,(H,18,23)(H,19,20,22). The zero-order chi connectivity index (χ0) is 17.5. The minimum atomic E-state index is -0.376. The fourth-order valence-corrected chi connectivity index (χ4v) is 3.08. The zero-order valence-corrected chi connectivity index (χ0v) is 14.5. The SMILES string of the molecule is CCCc1cc(=O)[nH]c(SC(CC)C(=O)Nc2ccc(O)cc2)n1. The number of aromatic hydroxyl groups is 1. The van der Waals surface area contributed by atoms with Gasteiger partial charge in [-0.1, -0.05) is 32.0 Å². The first-order valence-corrected chi connectivity index (χ1v) is 8.76. The maximum Gasteiger partial charge on any atom is 0.251 e. The molecule has 0 bridgehead atoms. The number of thioether (sulfide) groups is 1. The van der Waals surface area contributed by atoms with Gasteiger partial charge in [0.2, 0.25) is 5.91 Å². The van der Waals surface area contributed by atoms with Crippen molar-refractivity contribution in [1.29, 1.82) is 0 Å². The zero-order valence-electron chi connectivity index (χ0n) is 13.7. The molecule has 1 aromatic carbocycles. The van der Waals surface area contributed by atoms with Gasteiger partial charge in [-0.05, 0) is 37.1 Å². The summed E-state index contributed by atoms with van der Waals surface area (Å²) in [5, 5.41) is 12.2. The fraction of sp³-hybridized carbons (Fsp3) is 0.353. The first-order chi connectivity index (χ1) is 11.5. The lowest BCUT2D eigenvalue weighted by Gasteiger charge is -2.14. The summed E-state index contributed by atoms with van der Waals surface area (Å²) in [6.07, 6.45) is 2.23. The van der Waals surface area contributed by atoms with Crippen LogP contribution in [0.4, 0.5) is 5.69 Å². The van der Waals surface area contributed by atoms with Crippen molar-refractivity contribution in [3.63, 3.8) is 0 Å². The number of hydrogen-bond donors (Lipinski definition) is 3. The van der Waals surface area contributed by atoms with Gasteiger partial charge in [0, 0.05) is 17.4 Å². The minimum absolute atomic E-state index is 0.143. The number of benzene rings is 1. The minimum Gasteiger partial charge on any atom is -0.508 e. The van der Waals surface area contributed by atoms with Gasteiger partial charge in [0.25, 0.3) is 5.56 Å². The molecule has 1 unspecified atom stereocenters. The smallest absolute Gasteiger partial charge is 0.251 e. The highest BCUT2D eigenvalue weighted by Crippen LogP contribution is 2.23. The van der Waals surface area contributed by atoms with Crippen molar-refractivity contribution in [2.24, 2.45) is 0 Å². The molecule has 0 aliphatic rings. The Kier molecular flexibility index (Phi) is 6.43. The van der Waals surface area contributed by atoms with Crippen molar-refractivity contribution in [3.05, 3.63) is 46.4 Å². The number of nitrogens with one attached hydrogen (secondary N) is 2. The Bertz CT molecular complexity index is 743. The second-order valence-corrected chi connectivity index (χ2v) is 6.53. The molecule has 6 nitrogen and oxygen atoms in total. The highest BCUT2D eigenvalue weighted by molar-refractivity contribution is 8.00. The van der Waals surface area contributed by atoms with E-state index in [9.17, 15) is 14.7 Å². The van der Waals surface area contributed by atoms with Crippen molar-refractivity contribution in [1.82, 2.24) is 9.97 Å². The topological polar surface area (TPSA) is 95.1 Å². The lowest BCUT2D eigenvalue weighted by Crippen LogP contribution is -2.25. The van der Waals surface area contributed by atoms with Crippen molar-refractivity contribution in [2.75, 3.05) is 5.32 Å². The van der Waals surface area contributed by atoms with E-state index >= 15 is 0 Å². The Labute approximate surface area is 144 Å². The Morgan fingerprint density at radius 3 is 2.67 bits per heavy atom. The second kappa shape index (κ2) is 8.54. The van der Waals surface area contributed by atoms with E-state index in [1.807, 2.05) is 13.8 Å². The Morgan fingerprint density at radius 2 is 2.04 bits per heavy atom. The first kappa shape index (κ1) is 18.1. The average molecular weight is 347 g/mol. The highest BCUT2D eigenvalue weighted by Gasteiger charge is 2.19. The lowest BCUT2D eigenvalue weighted by atomic mass is 10.2. The van der Waals surface area contributed by atoms with Gasteiger partial charge >= 0.3 is 0 Å². The number of nitrogens with zero attached hydrogens (tertiary/aromatic N) is 1. The maximum absolute atomic E-state index is 12.4. The molecule has 1 heterocycles. The summed E-state index contributed by atoms with van der Waals surface area (Å²) in [6.45, 7) is 3.93. The van der Waals surface area contributed by atoms with Gasteiger partial charge in [-0.15, -0.1) is 0 Å². The van der Waals surface area contributed by atoms with Crippen LogP contribution in [0.5, 0.6) is 5.75 Å². The van der Waals surface area contributed by atoms with Gasteiger partial charge < -0.3 is 15.4 Å². The maximum atomic E-state index is 12.4. The number of aromatic amines is 1. The summed E-state index contributed by atoms with van der Waals surface area (Å²) < 4.78 is 0. The van der Waals surface area contributed by atoms with E-state index in [2.05, 4.69) is 15.3 Å². The summed E-state index contributed by atoms with van der Waals surface area (Å²) in [6, 6.07) is 7.78. The molecule has 1 aromatic heterocycles. The molecular formula is C17H21N3O3S. The summed E-state index contributed by atoms with van der Waals surface area (Å²) in [4.78, 5) is 31.2. The summed E-state index contributed by atoms with van der Waals surface area (Å²) in [5.74, 6) is -0.0272. The van der Waals surface area contributed by atoms with E-state index in [4.69, 9.17) is 0 Å². The molecule has 1 amide bonds. The van der Waals surface area contributed by atoms with Gasteiger partial charge in [0.1, 0.15) is 5.75 Å². The van der Waals surface area contributed by atoms with Gasteiger partial charge in [-0.3, -0.25) is 9.59 Å². The van der Waals surface area contributed by atoms with Gasteiger partial charge in [0.05, 0.1) is 5.25 Å². The van der Waals surface area contributed by atoms with Gasteiger partial charge in [-0.2, -0.15) is 0 Å². The van der Waals surface area contributed by atoms with Crippen LogP contribution in [0.25, 0.3) is 0 Å². The van der Waals surface area contributed by atoms with E-state index in [1.54, 1.807) is 12.1 Å². The number of aryl methyl sites for hydroxylation is 1. The van der Waals surface area contributed by atoms with Crippen LogP contribution in [0.3, 0.4) is 0 Å². The van der Waals surface area contributed by atoms with Crippen molar-refractivity contribution < 1.29 is 9.90 Å². The van der Waals surface area contributed by atoms with E-state index < -0.39 is 0 Å². The van der Waals surface area contributed by atoms with Crippen LogP contribution in [0.1, 0.15) is 32.4 Å². The van der Waals surface area contributed by atoms with E-state index in [0.717, 1.165) is 18.5 Å². The van der Waals surface area contributed by atoms with Gasteiger partial charge in [0.15, 0.2) is 5.16 Å². The number of hydrogen-bond acceptors (Lipinski definition) is 5. The molecular weight excluding hydrogens is 326 g/mol. The molecule has 7 heteroatoms. The molecule has 0 fully saturated rings. The molecule has 24 heavy (non-hydrogen) atoms. The third-order valence-electron chi connectivity index (χ3n) is 3.33. The molecule has 2 rings (SSSR count). The lowest BCUT2D eigenvalue weighted by molar-refractivity contribution is -0.115. The number of phenols is 1. The molecule has 0 aliphatic carbocycles. The average Bonchev–Trinajstić information content (AvgIpc) is 2.54. The predicted molar refractivity (Wildman–Crippen MR) is 95.5 cm³/mol. The normalized spacial score (nSPS) is 11.9. The summed E-state index contributed by atoms with van der Waals surface area (Å²) in [5.41, 5.74) is 1.14. The third-order valence-corrected chi connectivity index (χ3v) is 4.58. The highest BCUT2D eigenvalue weighted by atomic mass is 32.2. The third kappa shape index (κ3) is 5.13. The molecule has 0 spiro atoms. The predicted octanol–water partition coefficient (Wildman–Crippen LogP) is 2.94. The van der Waals surface area contributed by atoms with Crippen LogP contribution >= 0.6 is 11.8 Å². The molecule has 128 valence electrons. The molecule has 0 saturated heterocycles. The van der Waals surface area contributed by atoms with E-state index in [0.29, 0.717) is 17.3 Å².